The molecule has 0 fully saturated rings. The Morgan fingerprint density at radius 1 is 1.35 bits per heavy atom. The van der Waals surface area contributed by atoms with Crippen LogP contribution in [-0.4, -0.2) is 14.8 Å². The summed E-state index contributed by atoms with van der Waals surface area (Å²) in [6.07, 6.45) is 5.24. The van der Waals surface area contributed by atoms with Crippen molar-refractivity contribution in [2.45, 2.75) is 25.9 Å². The maximum Gasteiger partial charge on any atom is 0.213 e. The average molecular weight is 229 g/mol. The number of fused-ring (bicyclic) bond motifs is 1. The molecule has 4 nitrogen and oxygen atoms in total. The van der Waals surface area contributed by atoms with Gasteiger partial charge in [-0.3, -0.25) is 4.68 Å². The first-order chi connectivity index (χ1) is 8.34. The Labute approximate surface area is 100 Å². The number of aryl methyl sites for hydroxylation is 1. The van der Waals surface area contributed by atoms with Crippen LogP contribution in [0.15, 0.2) is 24.4 Å². The molecular formula is C13H15N3O. The third kappa shape index (κ3) is 1.90. The highest BCUT2D eigenvalue weighted by atomic mass is 16.5. The highest BCUT2D eigenvalue weighted by molar-refractivity contribution is 5.30. The normalized spacial score (nSPS) is 13.7. The van der Waals surface area contributed by atoms with Gasteiger partial charge < -0.3 is 4.74 Å². The van der Waals surface area contributed by atoms with Crippen molar-refractivity contribution in [1.82, 2.24) is 14.8 Å². The summed E-state index contributed by atoms with van der Waals surface area (Å²) in [5.41, 5.74) is 3.80. The quantitative estimate of drug-likeness (QED) is 0.806. The summed E-state index contributed by atoms with van der Waals surface area (Å²) in [4.78, 5) is 4.14. The molecule has 0 atom stereocenters. The van der Waals surface area contributed by atoms with Crippen molar-refractivity contribution in [1.29, 1.82) is 0 Å². The molecule has 3 rings (SSSR count). The molecule has 0 saturated heterocycles. The average Bonchev–Trinajstić information content (AvgIpc) is 2.93. The lowest BCUT2D eigenvalue weighted by Gasteiger charge is -2.03. The Balaban J connectivity index is 1.76. The van der Waals surface area contributed by atoms with Crippen LogP contribution in [0.2, 0.25) is 0 Å². The van der Waals surface area contributed by atoms with Crippen LogP contribution in [-0.2, 0) is 26.5 Å². The summed E-state index contributed by atoms with van der Waals surface area (Å²) < 4.78 is 7.63. The molecule has 0 saturated carbocycles. The van der Waals surface area contributed by atoms with Gasteiger partial charge in [-0.25, -0.2) is 4.98 Å². The van der Waals surface area contributed by atoms with Gasteiger partial charge in [0.15, 0.2) is 0 Å². The molecular weight excluding hydrogens is 214 g/mol. The molecule has 2 heterocycles. The molecule has 1 aliphatic rings. The smallest absolute Gasteiger partial charge is 0.213 e. The Bertz CT molecular complexity index is 519. The van der Waals surface area contributed by atoms with Gasteiger partial charge >= 0.3 is 0 Å². The van der Waals surface area contributed by atoms with Gasteiger partial charge in [-0.1, -0.05) is 6.07 Å². The highest BCUT2D eigenvalue weighted by Gasteiger charge is 2.20. The lowest BCUT2D eigenvalue weighted by atomic mass is 10.2. The zero-order chi connectivity index (χ0) is 11.7. The van der Waals surface area contributed by atoms with E-state index in [-0.39, 0.29) is 0 Å². The largest absolute Gasteiger partial charge is 0.471 e. The Morgan fingerprint density at radius 2 is 2.29 bits per heavy atom. The summed E-state index contributed by atoms with van der Waals surface area (Å²) in [5.74, 6) is 0.657. The standard InChI is InChI=1S/C13H15N3O/c1-16-12-6-4-5-10(12)11(15-16)9-17-13-7-2-3-8-14-13/h2-3,7-8H,4-6,9H2,1H3. The first kappa shape index (κ1) is 10.3. The SMILES string of the molecule is Cn1nc(COc2ccccn2)c2c1CCC2. The number of aromatic nitrogens is 3. The van der Waals surface area contributed by atoms with Crippen molar-refractivity contribution in [2.24, 2.45) is 7.05 Å². The maximum atomic E-state index is 5.64. The van der Waals surface area contributed by atoms with E-state index in [1.807, 2.05) is 29.9 Å². The summed E-state index contributed by atoms with van der Waals surface area (Å²) in [5, 5.41) is 4.51. The molecule has 2 aromatic rings. The van der Waals surface area contributed by atoms with Gasteiger partial charge in [-0.2, -0.15) is 5.10 Å². The number of hydrogen-bond acceptors (Lipinski definition) is 3. The van der Waals surface area contributed by atoms with Gasteiger partial charge in [-0.15, -0.1) is 0 Å². The van der Waals surface area contributed by atoms with E-state index in [0.717, 1.165) is 18.5 Å². The van der Waals surface area contributed by atoms with E-state index in [1.165, 1.54) is 17.7 Å². The zero-order valence-electron chi connectivity index (χ0n) is 9.89. The van der Waals surface area contributed by atoms with Crippen LogP contribution < -0.4 is 4.74 Å². The first-order valence-corrected chi connectivity index (χ1v) is 5.92. The highest BCUT2D eigenvalue weighted by Crippen LogP contribution is 2.25. The van der Waals surface area contributed by atoms with Crippen LogP contribution in [0.4, 0.5) is 0 Å². The molecule has 0 aliphatic heterocycles. The molecule has 4 heteroatoms. The van der Waals surface area contributed by atoms with E-state index < -0.39 is 0 Å². The fraction of sp³-hybridized carbons (Fsp3) is 0.385. The fourth-order valence-electron chi connectivity index (χ4n) is 2.39. The third-order valence-electron chi connectivity index (χ3n) is 3.19. The molecule has 0 N–H and O–H groups in total. The maximum absolute atomic E-state index is 5.64. The van der Waals surface area contributed by atoms with Crippen LogP contribution in [0.3, 0.4) is 0 Å². The lowest BCUT2D eigenvalue weighted by Crippen LogP contribution is -2.01. The van der Waals surface area contributed by atoms with E-state index in [9.17, 15) is 0 Å². The molecule has 0 bridgehead atoms. The minimum Gasteiger partial charge on any atom is -0.471 e. The van der Waals surface area contributed by atoms with Crippen molar-refractivity contribution in [3.05, 3.63) is 41.3 Å². The second-order valence-corrected chi connectivity index (χ2v) is 4.31. The van der Waals surface area contributed by atoms with Gasteiger partial charge in [0.25, 0.3) is 0 Å². The number of pyridine rings is 1. The van der Waals surface area contributed by atoms with Crippen LogP contribution in [0.5, 0.6) is 5.88 Å². The van der Waals surface area contributed by atoms with Crippen molar-refractivity contribution < 1.29 is 4.74 Å². The number of nitrogens with zero attached hydrogens (tertiary/aromatic N) is 3. The predicted molar refractivity (Wildman–Crippen MR) is 63.8 cm³/mol. The second-order valence-electron chi connectivity index (χ2n) is 4.31. The fourth-order valence-corrected chi connectivity index (χ4v) is 2.39. The lowest BCUT2D eigenvalue weighted by molar-refractivity contribution is 0.287. The van der Waals surface area contributed by atoms with E-state index in [1.54, 1.807) is 6.20 Å². The van der Waals surface area contributed by atoms with E-state index >= 15 is 0 Å². The van der Waals surface area contributed by atoms with Gasteiger partial charge in [0.1, 0.15) is 12.3 Å². The van der Waals surface area contributed by atoms with Crippen molar-refractivity contribution in [2.75, 3.05) is 0 Å². The summed E-state index contributed by atoms with van der Waals surface area (Å²) in [7, 11) is 2.01. The molecule has 0 aromatic carbocycles. The second kappa shape index (κ2) is 4.20. The van der Waals surface area contributed by atoms with Crippen molar-refractivity contribution in [3.8, 4) is 5.88 Å². The van der Waals surface area contributed by atoms with Crippen LogP contribution in [0.25, 0.3) is 0 Å². The summed E-state index contributed by atoms with van der Waals surface area (Å²) in [6.45, 7) is 0.514. The van der Waals surface area contributed by atoms with Crippen LogP contribution in [0, 0.1) is 0 Å². The van der Waals surface area contributed by atoms with Crippen molar-refractivity contribution >= 4 is 0 Å². The predicted octanol–water partition coefficient (Wildman–Crippen LogP) is 1.88. The molecule has 0 spiro atoms. The van der Waals surface area contributed by atoms with Gasteiger partial charge in [0.2, 0.25) is 5.88 Å². The third-order valence-corrected chi connectivity index (χ3v) is 3.19. The minimum absolute atomic E-state index is 0.514. The van der Waals surface area contributed by atoms with E-state index in [2.05, 4.69) is 10.1 Å². The molecule has 0 amide bonds. The topological polar surface area (TPSA) is 39.9 Å². The minimum atomic E-state index is 0.514. The van der Waals surface area contributed by atoms with Crippen molar-refractivity contribution in [3.63, 3.8) is 0 Å². The summed E-state index contributed by atoms with van der Waals surface area (Å²) >= 11 is 0. The van der Waals surface area contributed by atoms with E-state index in [0.29, 0.717) is 12.5 Å². The molecule has 17 heavy (non-hydrogen) atoms. The van der Waals surface area contributed by atoms with Gasteiger partial charge in [-0.05, 0) is 25.3 Å². The molecule has 1 aliphatic carbocycles. The Kier molecular flexibility index (Phi) is 2.55. The number of ether oxygens (including phenoxy) is 1. The Morgan fingerprint density at radius 3 is 3.12 bits per heavy atom. The summed E-state index contributed by atoms with van der Waals surface area (Å²) in [6, 6.07) is 5.67. The van der Waals surface area contributed by atoms with Crippen LogP contribution >= 0.6 is 0 Å². The molecule has 0 radical (unpaired) electrons. The van der Waals surface area contributed by atoms with E-state index in [4.69, 9.17) is 4.74 Å². The molecule has 88 valence electrons. The van der Waals surface area contributed by atoms with Gasteiger partial charge in [0.05, 0.1) is 0 Å². The monoisotopic (exact) mass is 229 g/mol. The van der Waals surface area contributed by atoms with Gasteiger partial charge in [0, 0.05) is 30.6 Å². The molecule has 0 unspecified atom stereocenters. The Hall–Kier alpha value is -1.84. The molecule has 2 aromatic heterocycles. The first-order valence-electron chi connectivity index (χ1n) is 5.92. The zero-order valence-corrected chi connectivity index (χ0v) is 9.89. The number of rotatable bonds is 3. The van der Waals surface area contributed by atoms with Crippen LogP contribution in [0.1, 0.15) is 23.4 Å². The number of hydrogen-bond donors (Lipinski definition) is 0.